The minimum Gasteiger partial charge on any atom is -0.416 e. The maximum absolute atomic E-state index is 12.2. The van der Waals surface area contributed by atoms with Crippen LogP contribution in [0.15, 0.2) is 83.3 Å². The van der Waals surface area contributed by atoms with Crippen LogP contribution in [0.5, 0.6) is 0 Å². The summed E-state index contributed by atoms with van der Waals surface area (Å²) < 4.78 is 5.77. The van der Waals surface area contributed by atoms with E-state index >= 15 is 0 Å². The van der Waals surface area contributed by atoms with Gasteiger partial charge in [-0.1, -0.05) is 48.0 Å². The van der Waals surface area contributed by atoms with Gasteiger partial charge in [-0.2, -0.15) is 0 Å². The van der Waals surface area contributed by atoms with Gasteiger partial charge in [0.15, 0.2) is 0 Å². The van der Waals surface area contributed by atoms with Crippen LogP contribution in [0.3, 0.4) is 0 Å². The topological polar surface area (TPSA) is 68.0 Å². The lowest BCUT2D eigenvalue weighted by Crippen LogP contribution is -2.14. The van der Waals surface area contributed by atoms with Crippen molar-refractivity contribution in [1.29, 1.82) is 0 Å². The van der Waals surface area contributed by atoms with Gasteiger partial charge >= 0.3 is 0 Å². The van der Waals surface area contributed by atoms with E-state index in [1.165, 1.54) is 11.1 Å². The molecular weight excluding hydrogens is 394 g/mol. The van der Waals surface area contributed by atoms with Crippen molar-refractivity contribution in [3.05, 3.63) is 90.0 Å². The van der Waals surface area contributed by atoms with Crippen molar-refractivity contribution in [3.8, 4) is 22.9 Å². The molecular formula is C24H21N3O2S. The van der Waals surface area contributed by atoms with E-state index in [1.54, 1.807) is 11.8 Å². The number of carbonyl (C=O) groups excluding carboxylic acids is 1. The maximum Gasteiger partial charge on any atom is 0.248 e. The van der Waals surface area contributed by atoms with Crippen LogP contribution in [-0.2, 0) is 10.5 Å². The van der Waals surface area contributed by atoms with E-state index in [2.05, 4.69) is 46.7 Å². The van der Waals surface area contributed by atoms with Gasteiger partial charge in [0, 0.05) is 22.6 Å². The third kappa shape index (κ3) is 5.15. The van der Waals surface area contributed by atoms with Crippen LogP contribution in [0.1, 0.15) is 11.1 Å². The van der Waals surface area contributed by atoms with Crippen LogP contribution in [0.25, 0.3) is 22.9 Å². The van der Waals surface area contributed by atoms with Crippen molar-refractivity contribution in [2.24, 2.45) is 0 Å². The maximum atomic E-state index is 12.2. The molecule has 4 rings (SSSR count). The van der Waals surface area contributed by atoms with Crippen molar-refractivity contribution in [3.63, 3.8) is 0 Å². The molecule has 30 heavy (non-hydrogen) atoms. The summed E-state index contributed by atoms with van der Waals surface area (Å²) in [7, 11) is 0. The Balaban J connectivity index is 1.31. The van der Waals surface area contributed by atoms with Gasteiger partial charge in [0.2, 0.25) is 17.7 Å². The zero-order valence-corrected chi connectivity index (χ0v) is 17.4. The van der Waals surface area contributed by atoms with Crippen LogP contribution >= 0.6 is 11.8 Å². The fourth-order valence-electron chi connectivity index (χ4n) is 2.88. The zero-order chi connectivity index (χ0) is 20.8. The lowest BCUT2D eigenvalue weighted by molar-refractivity contribution is -0.113. The van der Waals surface area contributed by atoms with Gasteiger partial charge in [-0.25, -0.2) is 0 Å². The Morgan fingerprint density at radius 2 is 1.50 bits per heavy atom. The second kappa shape index (κ2) is 9.41. The fraction of sp³-hybridized carbons (Fsp3) is 0.125. The summed E-state index contributed by atoms with van der Waals surface area (Å²) in [6, 6.07) is 25.4. The number of rotatable bonds is 7. The third-order valence-electron chi connectivity index (χ3n) is 4.48. The summed E-state index contributed by atoms with van der Waals surface area (Å²) >= 11 is 1.59. The van der Waals surface area contributed by atoms with Crippen LogP contribution in [0.2, 0.25) is 0 Å². The number of nitrogens with zero attached hydrogens (tertiary/aromatic N) is 2. The Hall–Kier alpha value is -3.38. The molecule has 0 spiro atoms. The first kappa shape index (κ1) is 19.9. The Kier molecular flexibility index (Phi) is 6.25. The smallest absolute Gasteiger partial charge is 0.248 e. The Morgan fingerprint density at radius 1 is 0.867 bits per heavy atom. The number of aromatic nitrogens is 2. The number of aryl methyl sites for hydroxylation is 1. The monoisotopic (exact) mass is 415 g/mol. The van der Waals surface area contributed by atoms with E-state index in [4.69, 9.17) is 4.42 Å². The molecule has 0 saturated carbocycles. The minimum absolute atomic E-state index is 0.0241. The lowest BCUT2D eigenvalue weighted by atomic mass is 10.2. The molecule has 0 bridgehead atoms. The third-order valence-corrected chi connectivity index (χ3v) is 5.49. The number of carbonyl (C=O) groups is 1. The molecule has 0 radical (unpaired) electrons. The van der Waals surface area contributed by atoms with E-state index in [-0.39, 0.29) is 5.91 Å². The molecule has 0 saturated heterocycles. The molecule has 1 aromatic heterocycles. The van der Waals surface area contributed by atoms with Crippen molar-refractivity contribution >= 4 is 23.4 Å². The first-order valence-corrected chi connectivity index (χ1v) is 10.8. The molecule has 1 N–H and O–H groups in total. The molecule has 0 fully saturated rings. The molecule has 3 aromatic carbocycles. The number of anilines is 1. The standard InChI is InChI=1S/C24H21N3O2S/c1-17-7-9-18(10-8-17)15-30-16-22(28)25-21-13-11-20(12-14-21)24-27-26-23(29-24)19-5-3-2-4-6-19/h2-14H,15-16H2,1H3,(H,25,28). The first-order chi connectivity index (χ1) is 14.7. The van der Waals surface area contributed by atoms with Gasteiger partial charge in [-0.05, 0) is 48.9 Å². The van der Waals surface area contributed by atoms with E-state index in [1.807, 2.05) is 54.6 Å². The lowest BCUT2D eigenvalue weighted by Gasteiger charge is -2.06. The Bertz CT molecular complexity index is 1110. The van der Waals surface area contributed by atoms with Crippen molar-refractivity contribution in [2.75, 3.05) is 11.1 Å². The van der Waals surface area contributed by atoms with Crippen molar-refractivity contribution in [1.82, 2.24) is 10.2 Å². The second-order valence-electron chi connectivity index (χ2n) is 6.88. The Morgan fingerprint density at radius 3 is 2.17 bits per heavy atom. The largest absolute Gasteiger partial charge is 0.416 e. The number of hydrogen-bond acceptors (Lipinski definition) is 5. The second-order valence-corrected chi connectivity index (χ2v) is 7.87. The van der Waals surface area contributed by atoms with Gasteiger partial charge in [-0.15, -0.1) is 22.0 Å². The summed E-state index contributed by atoms with van der Waals surface area (Å²) in [6.07, 6.45) is 0. The number of amides is 1. The van der Waals surface area contributed by atoms with E-state index in [0.717, 1.165) is 22.6 Å². The van der Waals surface area contributed by atoms with Gasteiger partial charge in [0.1, 0.15) is 0 Å². The van der Waals surface area contributed by atoms with Crippen LogP contribution < -0.4 is 5.32 Å². The summed E-state index contributed by atoms with van der Waals surface area (Å²) in [5.41, 5.74) is 4.88. The quantitative estimate of drug-likeness (QED) is 0.426. The molecule has 0 atom stereocenters. The van der Waals surface area contributed by atoms with Crippen molar-refractivity contribution < 1.29 is 9.21 Å². The molecule has 0 unspecified atom stereocenters. The molecule has 1 heterocycles. The van der Waals surface area contributed by atoms with E-state index in [0.29, 0.717) is 17.5 Å². The number of benzene rings is 3. The summed E-state index contributed by atoms with van der Waals surface area (Å²) in [4.78, 5) is 12.2. The molecule has 4 aromatic rings. The molecule has 1 amide bonds. The zero-order valence-electron chi connectivity index (χ0n) is 16.5. The summed E-state index contributed by atoms with van der Waals surface area (Å²) in [5.74, 6) is 2.12. The van der Waals surface area contributed by atoms with Gasteiger partial charge in [0.05, 0.1) is 5.75 Å². The molecule has 5 nitrogen and oxygen atoms in total. The first-order valence-electron chi connectivity index (χ1n) is 9.60. The highest BCUT2D eigenvalue weighted by Gasteiger charge is 2.10. The highest BCUT2D eigenvalue weighted by molar-refractivity contribution is 7.99. The van der Waals surface area contributed by atoms with Gasteiger partial charge in [0.25, 0.3) is 0 Å². The average Bonchev–Trinajstić information content (AvgIpc) is 3.27. The summed E-state index contributed by atoms with van der Waals surface area (Å²) in [5, 5.41) is 11.1. The minimum atomic E-state index is -0.0241. The fourth-order valence-corrected chi connectivity index (χ4v) is 3.66. The molecule has 0 aliphatic heterocycles. The predicted octanol–water partition coefficient (Wildman–Crippen LogP) is 5.58. The molecule has 0 aliphatic rings. The van der Waals surface area contributed by atoms with Gasteiger partial charge < -0.3 is 9.73 Å². The predicted molar refractivity (Wildman–Crippen MR) is 121 cm³/mol. The summed E-state index contributed by atoms with van der Waals surface area (Å²) in [6.45, 7) is 2.07. The van der Waals surface area contributed by atoms with Crippen LogP contribution in [0.4, 0.5) is 5.69 Å². The van der Waals surface area contributed by atoms with E-state index < -0.39 is 0 Å². The van der Waals surface area contributed by atoms with Crippen LogP contribution in [0, 0.1) is 6.92 Å². The molecule has 6 heteroatoms. The van der Waals surface area contributed by atoms with Crippen LogP contribution in [-0.4, -0.2) is 21.9 Å². The number of hydrogen-bond donors (Lipinski definition) is 1. The Labute approximate surface area is 179 Å². The average molecular weight is 416 g/mol. The molecule has 150 valence electrons. The normalized spacial score (nSPS) is 10.7. The number of nitrogens with one attached hydrogen (secondary N) is 1. The SMILES string of the molecule is Cc1ccc(CSCC(=O)Nc2ccc(-c3nnc(-c4ccccc4)o3)cc2)cc1. The highest BCUT2D eigenvalue weighted by Crippen LogP contribution is 2.25. The van der Waals surface area contributed by atoms with Crippen molar-refractivity contribution in [2.45, 2.75) is 12.7 Å². The van der Waals surface area contributed by atoms with Gasteiger partial charge in [-0.3, -0.25) is 4.79 Å². The van der Waals surface area contributed by atoms with E-state index in [9.17, 15) is 4.79 Å². The molecule has 0 aliphatic carbocycles. The highest BCUT2D eigenvalue weighted by atomic mass is 32.2. The number of thioether (sulfide) groups is 1.